The lowest BCUT2D eigenvalue weighted by atomic mass is 10.1. The number of carbonyl (C=O) groups is 1. The van der Waals surface area contributed by atoms with Gasteiger partial charge in [0.2, 0.25) is 0 Å². The second-order valence-electron chi connectivity index (χ2n) is 5.35. The first-order chi connectivity index (χ1) is 12.3. The third-order valence-electron chi connectivity index (χ3n) is 3.87. The Hall–Kier alpha value is -3.27. The Balaban J connectivity index is 2.17. The lowest BCUT2D eigenvalue weighted by Crippen LogP contribution is -2.26. The van der Waals surface area contributed by atoms with Crippen LogP contribution in [0.15, 0.2) is 78.9 Å². The molecule has 4 nitrogen and oxygen atoms in total. The monoisotopic (exact) mass is 333 g/mol. The highest BCUT2D eigenvalue weighted by Crippen LogP contribution is 2.34. The summed E-state index contributed by atoms with van der Waals surface area (Å²) in [6, 6.07) is 24.3. The van der Waals surface area contributed by atoms with E-state index in [2.05, 4.69) is 0 Å². The van der Waals surface area contributed by atoms with E-state index < -0.39 is 0 Å². The molecule has 3 aromatic carbocycles. The van der Waals surface area contributed by atoms with Crippen LogP contribution in [0.25, 0.3) is 0 Å². The summed E-state index contributed by atoms with van der Waals surface area (Å²) in [5.74, 6) is 0.731. The van der Waals surface area contributed by atoms with Gasteiger partial charge in [0.05, 0.1) is 14.2 Å². The van der Waals surface area contributed by atoms with Crippen molar-refractivity contribution in [2.75, 3.05) is 19.1 Å². The third-order valence-corrected chi connectivity index (χ3v) is 3.87. The maximum Gasteiger partial charge on any atom is 0.270 e. The zero-order valence-electron chi connectivity index (χ0n) is 14.2. The van der Waals surface area contributed by atoms with Crippen LogP contribution < -0.4 is 14.4 Å². The molecule has 0 N–H and O–H groups in total. The van der Waals surface area contributed by atoms with Crippen molar-refractivity contribution in [3.63, 3.8) is 0 Å². The molecule has 4 heteroatoms. The van der Waals surface area contributed by atoms with Crippen molar-refractivity contribution in [3.8, 4) is 11.5 Å². The summed E-state index contributed by atoms with van der Waals surface area (Å²) < 4.78 is 10.8. The van der Waals surface area contributed by atoms with Crippen LogP contribution in [-0.2, 0) is 0 Å². The number of hydrogen-bond acceptors (Lipinski definition) is 3. The largest absolute Gasteiger partial charge is 0.496 e. The minimum Gasteiger partial charge on any atom is -0.496 e. The summed E-state index contributed by atoms with van der Waals surface area (Å²) in [5.41, 5.74) is 1.93. The number of amides is 1. The van der Waals surface area contributed by atoms with Crippen molar-refractivity contribution >= 4 is 17.3 Å². The van der Waals surface area contributed by atoms with Gasteiger partial charge in [-0.15, -0.1) is 0 Å². The van der Waals surface area contributed by atoms with Gasteiger partial charge in [-0.1, -0.05) is 42.5 Å². The second kappa shape index (κ2) is 7.53. The van der Waals surface area contributed by atoms with Crippen molar-refractivity contribution in [1.82, 2.24) is 0 Å². The van der Waals surface area contributed by atoms with Gasteiger partial charge in [0.15, 0.2) is 0 Å². The van der Waals surface area contributed by atoms with E-state index >= 15 is 0 Å². The van der Waals surface area contributed by atoms with Crippen molar-refractivity contribution in [3.05, 3.63) is 84.4 Å². The first-order valence-electron chi connectivity index (χ1n) is 7.92. The van der Waals surface area contributed by atoms with Crippen LogP contribution in [0.2, 0.25) is 0 Å². The van der Waals surface area contributed by atoms with Crippen LogP contribution in [0, 0.1) is 0 Å². The van der Waals surface area contributed by atoms with Gasteiger partial charge in [0.25, 0.3) is 5.91 Å². The van der Waals surface area contributed by atoms with Crippen LogP contribution in [0.3, 0.4) is 0 Å². The summed E-state index contributed by atoms with van der Waals surface area (Å²) in [7, 11) is 3.09. The van der Waals surface area contributed by atoms with Crippen LogP contribution in [0.5, 0.6) is 11.5 Å². The Labute approximate surface area is 147 Å². The number of carbonyl (C=O) groups excluding carboxylic acids is 1. The molecule has 0 unspecified atom stereocenters. The highest BCUT2D eigenvalue weighted by atomic mass is 16.5. The molecule has 0 atom stereocenters. The average molecular weight is 333 g/mol. The lowest BCUT2D eigenvalue weighted by Gasteiger charge is -2.24. The number of benzene rings is 3. The zero-order valence-corrected chi connectivity index (χ0v) is 14.2. The molecule has 0 heterocycles. The maximum atomic E-state index is 13.5. The normalized spacial score (nSPS) is 10.2. The Kier molecular flexibility index (Phi) is 5.00. The molecule has 0 aliphatic rings. The number of anilines is 2. The van der Waals surface area contributed by atoms with Crippen molar-refractivity contribution in [2.24, 2.45) is 0 Å². The topological polar surface area (TPSA) is 38.8 Å². The summed E-state index contributed by atoms with van der Waals surface area (Å²) in [4.78, 5) is 15.1. The molecule has 0 aromatic heterocycles. The van der Waals surface area contributed by atoms with Gasteiger partial charge in [-0.2, -0.15) is 0 Å². The van der Waals surface area contributed by atoms with E-state index in [1.807, 2.05) is 60.7 Å². The maximum absolute atomic E-state index is 13.5. The van der Waals surface area contributed by atoms with Gasteiger partial charge in [-0.05, 0) is 36.4 Å². The second-order valence-corrected chi connectivity index (χ2v) is 5.35. The van der Waals surface area contributed by atoms with Crippen molar-refractivity contribution < 1.29 is 14.3 Å². The Morgan fingerprint density at radius 3 is 1.52 bits per heavy atom. The van der Waals surface area contributed by atoms with E-state index in [4.69, 9.17) is 9.47 Å². The summed E-state index contributed by atoms with van der Waals surface area (Å²) in [6.07, 6.45) is 0. The molecular formula is C21H19NO3. The summed E-state index contributed by atoms with van der Waals surface area (Å²) in [6.45, 7) is 0. The summed E-state index contributed by atoms with van der Waals surface area (Å²) in [5, 5.41) is 0. The fraction of sp³-hybridized carbons (Fsp3) is 0.0952. The molecule has 0 saturated carbocycles. The molecule has 0 saturated heterocycles. The van der Waals surface area contributed by atoms with Gasteiger partial charge >= 0.3 is 0 Å². The molecule has 0 radical (unpaired) electrons. The molecule has 0 spiro atoms. The average Bonchev–Trinajstić information content (AvgIpc) is 2.69. The fourth-order valence-corrected chi connectivity index (χ4v) is 2.71. The van der Waals surface area contributed by atoms with E-state index in [1.165, 1.54) is 0 Å². The minimum atomic E-state index is -0.216. The molecule has 3 aromatic rings. The number of rotatable bonds is 5. The van der Waals surface area contributed by atoms with Crippen molar-refractivity contribution in [2.45, 2.75) is 0 Å². The lowest BCUT2D eigenvalue weighted by molar-refractivity contribution is 0.0993. The van der Waals surface area contributed by atoms with Crippen LogP contribution in [0.4, 0.5) is 11.4 Å². The van der Waals surface area contributed by atoms with Gasteiger partial charge in [-0.25, -0.2) is 0 Å². The number of nitrogens with zero attached hydrogens (tertiary/aromatic N) is 1. The summed E-state index contributed by atoms with van der Waals surface area (Å²) >= 11 is 0. The zero-order chi connectivity index (χ0) is 17.6. The Morgan fingerprint density at radius 2 is 1.12 bits per heavy atom. The van der Waals surface area contributed by atoms with Crippen LogP contribution in [-0.4, -0.2) is 20.1 Å². The molecule has 126 valence electrons. The molecule has 3 rings (SSSR count). The Bertz CT molecular complexity index is 786. The van der Waals surface area contributed by atoms with Gasteiger partial charge in [0.1, 0.15) is 17.1 Å². The standard InChI is InChI=1S/C21H19NO3/c1-24-18-14-9-15-19(25-2)20(18)21(23)22(16-10-5-3-6-11-16)17-12-7-4-8-13-17/h3-15H,1-2H3. The molecule has 1 amide bonds. The predicted molar refractivity (Wildman–Crippen MR) is 98.9 cm³/mol. The quantitative estimate of drug-likeness (QED) is 0.680. The minimum absolute atomic E-state index is 0.216. The van der Waals surface area contributed by atoms with Crippen molar-refractivity contribution in [1.29, 1.82) is 0 Å². The SMILES string of the molecule is COc1cccc(OC)c1C(=O)N(c1ccccc1)c1ccccc1. The van der Waals surface area contributed by atoms with E-state index in [9.17, 15) is 4.79 Å². The molecule has 0 aliphatic heterocycles. The Morgan fingerprint density at radius 1 is 0.680 bits per heavy atom. The van der Waals surface area contributed by atoms with Gasteiger partial charge < -0.3 is 9.47 Å². The van der Waals surface area contributed by atoms with Crippen LogP contribution in [0.1, 0.15) is 10.4 Å². The number of ether oxygens (including phenoxy) is 2. The van der Waals surface area contributed by atoms with Gasteiger partial charge in [-0.3, -0.25) is 9.69 Å². The molecule has 0 aliphatic carbocycles. The molecule has 0 fully saturated rings. The van der Waals surface area contributed by atoms with E-state index in [0.717, 1.165) is 11.4 Å². The smallest absolute Gasteiger partial charge is 0.270 e. The molecular weight excluding hydrogens is 314 g/mol. The van der Waals surface area contributed by atoms with E-state index in [-0.39, 0.29) is 5.91 Å². The first kappa shape index (κ1) is 16.6. The fourth-order valence-electron chi connectivity index (χ4n) is 2.71. The third kappa shape index (κ3) is 3.33. The molecule has 0 bridgehead atoms. The van der Waals surface area contributed by atoms with Gasteiger partial charge in [0, 0.05) is 11.4 Å². The van der Waals surface area contributed by atoms with E-state index in [0.29, 0.717) is 17.1 Å². The predicted octanol–water partition coefficient (Wildman–Crippen LogP) is 4.68. The number of hydrogen-bond donors (Lipinski definition) is 0. The number of para-hydroxylation sites is 2. The highest BCUT2D eigenvalue weighted by Gasteiger charge is 2.26. The first-order valence-corrected chi connectivity index (χ1v) is 7.92. The van der Waals surface area contributed by atoms with E-state index in [1.54, 1.807) is 37.3 Å². The van der Waals surface area contributed by atoms with Crippen LogP contribution >= 0.6 is 0 Å². The molecule has 25 heavy (non-hydrogen) atoms. The number of methoxy groups -OCH3 is 2. The highest BCUT2D eigenvalue weighted by molar-refractivity contribution is 6.13.